The maximum absolute atomic E-state index is 11.4. The lowest BCUT2D eigenvalue weighted by Gasteiger charge is -2.11. The van der Waals surface area contributed by atoms with E-state index in [9.17, 15) is 4.79 Å². The lowest BCUT2D eigenvalue weighted by molar-refractivity contribution is 0.0593. The van der Waals surface area contributed by atoms with E-state index >= 15 is 0 Å². The Hall–Kier alpha value is -1.10. The average Bonchev–Trinajstić information content (AvgIpc) is 2.19. The molecule has 1 rings (SSSR count). The topological polar surface area (TPSA) is 48.4 Å². The van der Waals surface area contributed by atoms with Gasteiger partial charge in [0.1, 0.15) is 5.56 Å². The Labute approximate surface area is 96.7 Å². The lowest BCUT2D eigenvalue weighted by atomic mass is 10.3. The van der Waals surface area contributed by atoms with Crippen LogP contribution in [-0.4, -0.2) is 24.2 Å². The number of carbonyl (C=O) groups is 1. The second-order valence-corrected chi connectivity index (χ2v) is 4.08. The van der Waals surface area contributed by atoms with Crippen molar-refractivity contribution in [3.63, 3.8) is 0 Å². The van der Waals surface area contributed by atoms with Crippen molar-refractivity contribution in [2.45, 2.75) is 20.0 Å². The van der Waals surface area contributed by atoms with E-state index in [2.05, 4.69) is 25.7 Å². The van der Waals surface area contributed by atoms with Crippen LogP contribution in [0.15, 0.2) is 16.7 Å². The number of aromatic nitrogens is 1. The van der Waals surface area contributed by atoms with Gasteiger partial charge in [0, 0.05) is 10.7 Å². The Bertz CT molecular complexity index is 366. The molecule has 0 saturated heterocycles. The largest absolute Gasteiger partial charge is 0.474 e. The summed E-state index contributed by atoms with van der Waals surface area (Å²) in [6, 6.07) is 1.62. The van der Waals surface area contributed by atoms with Gasteiger partial charge in [0.15, 0.2) is 0 Å². The van der Waals surface area contributed by atoms with Crippen molar-refractivity contribution >= 4 is 21.9 Å². The molecule has 0 amide bonds. The molecule has 1 heterocycles. The molecule has 0 N–H and O–H groups in total. The van der Waals surface area contributed by atoms with Crippen molar-refractivity contribution in [3.05, 3.63) is 22.3 Å². The molecule has 0 saturated carbocycles. The van der Waals surface area contributed by atoms with Crippen LogP contribution in [0.25, 0.3) is 0 Å². The van der Waals surface area contributed by atoms with Gasteiger partial charge in [-0.3, -0.25) is 0 Å². The lowest BCUT2D eigenvalue weighted by Crippen LogP contribution is -2.12. The fourth-order valence-electron chi connectivity index (χ4n) is 1.00. The SMILES string of the molecule is COC(=O)c1cc(Br)cnc1OC(C)C. The van der Waals surface area contributed by atoms with Crippen LogP contribution in [-0.2, 0) is 4.74 Å². The molecule has 0 spiro atoms. The van der Waals surface area contributed by atoms with Gasteiger partial charge < -0.3 is 9.47 Å². The smallest absolute Gasteiger partial charge is 0.343 e. The fraction of sp³-hybridized carbons (Fsp3) is 0.400. The highest BCUT2D eigenvalue weighted by Crippen LogP contribution is 2.21. The molecule has 0 aliphatic carbocycles. The van der Waals surface area contributed by atoms with Gasteiger partial charge in [-0.05, 0) is 35.8 Å². The average molecular weight is 274 g/mol. The van der Waals surface area contributed by atoms with Gasteiger partial charge in [0.2, 0.25) is 5.88 Å². The van der Waals surface area contributed by atoms with Crippen LogP contribution in [0.5, 0.6) is 5.88 Å². The van der Waals surface area contributed by atoms with E-state index in [0.29, 0.717) is 15.9 Å². The van der Waals surface area contributed by atoms with Gasteiger partial charge >= 0.3 is 5.97 Å². The molecule has 0 radical (unpaired) electrons. The van der Waals surface area contributed by atoms with Crippen LogP contribution in [0, 0.1) is 0 Å². The highest BCUT2D eigenvalue weighted by molar-refractivity contribution is 9.10. The number of hydrogen-bond donors (Lipinski definition) is 0. The molecule has 0 bridgehead atoms. The number of carbonyl (C=O) groups excluding carboxylic acids is 1. The first-order valence-corrected chi connectivity index (χ1v) is 5.24. The minimum atomic E-state index is -0.459. The minimum Gasteiger partial charge on any atom is -0.474 e. The molecule has 0 aliphatic heterocycles. The molecule has 0 fully saturated rings. The highest BCUT2D eigenvalue weighted by Gasteiger charge is 2.15. The van der Waals surface area contributed by atoms with Gasteiger partial charge in [-0.1, -0.05) is 0 Å². The predicted octanol–water partition coefficient (Wildman–Crippen LogP) is 2.42. The number of hydrogen-bond acceptors (Lipinski definition) is 4. The summed E-state index contributed by atoms with van der Waals surface area (Å²) in [6.45, 7) is 3.73. The summed E-state index contributed by atoms with van der Waals surface area (Å²) in [4.78, 5) is 15.4. The van der Waals surface area contributed by atoms with Crippen LogP contribution >= 0.6 is 15.9 Å². The monoisotopic (exact) mass is 273 g/mol. The zero-order valence-electron chi connectivity index (χ0n) is 8.78. The Morgan fingerprint density at radius 1 is 1.53 bits per heavy atom. The number of esters is 1. The molecule has 0 aromatic carbocycles. The fourth-order valence-corrected chi connectivity index (χ4v) is 1.33. The number of halogens is 1. The van der Waals surface area contributed by atoms with E-state index in [1.807, 2.05) is 13.8 Å². The van der Waals surface area contributed by atoms with Crippen molar-refractivity contribution in [1.29, 1.82) is 0 Å². The van der Waals surface area contributed by atoms with Crippen molar-refractivity contribution in [3.8, 4) is 5.88 Å². The van der Waals surface area contributed by atoms with Crippen molar-refractivity contribution in [2.75, 3.05) is 7.11 Å². The van der Waals surface area contributed by atoms with E-state index in [1.165, 1.54) is 7.11 Å². The standard InChI is InChI=1S/C10H12BrNO3/c1-6(2)15-9-8(10(13)14-3)4-7(11)5-12-9/h4-6H,1-3H3. The van der Waals surface area contributed by atoms with E-state index in [-0.39, 0.29) is 6.10 Å². The Kier molecular flexibility index (Phi) is 4.08. The van der Waals surface area contributed by atoms with E-state index in [4.69, 9.17) is 4.74 Å². The van der Waals surface area contributed by atoms with Crippen molar-refractivity contribution in [1.82, 2.24) is 4.98 Å². The summed E-state index contributed by atoms with van der Waals surface area (Å²) in [5.41, 5.74) is 0.320. The first kappa shape index (κ1) is 12.0. The zero-order valence-corrected chi connectivity index (χ0v) is 10.4. The van der Waals surface area contributed by atoms with Crippen LogP contribution in [0.1, 0.15) is 24.2 Å². The number of rotatable bonds is 3. The molecular formula is C10H12BrNO3. The van der Waals surface area contributed by atoms with E-state index in [1.54, 1.807) is 12.3 Å². The van der Waals surface area contributed by atoms with E-state index in [0.717, 1.165) is 0 Å². The highest BCUT2D eigenvalue weighted by atomic mass is 79.9. The third-order valence-electron chi connectivity index (χ3n) is 1.57. The second kappa shape index (κ2) is 5.11. The van der Waals surface area contributed by atoms with Crippen LogP contribution < -0.4 is 4.74 Å². The number of methoxy groups -OCH3 is 1. The summed E-state index contributed by atoms with van der Waals surface area (Å²) in [5.74, 6) is -0.167. The van der Waals surface area contributed by atoms with Gasteiger partial charge in [-0.15, -0.1) is 0 Å². The summed E-state index contributed by atoms with van der Waals surface area (Å²) < 4.78 is 10.7. The molecule has 5 heteroatoms. The Morgan fingerprint density at radius 2 is 2.20 bits per heavy atom. The number of pyridine rings is 1. The van der Waals surface area contributed by atoms with Crippen molar-refractivity contribution < 1.29 is 14.3 Å². The van der Waals surface area contributed by atoms with Crippen molar-refractivity contribution in [2.24, 2.45) is 0 Å². The second-order valence-electron chi connectivity index (χ2n) is 3.16. The molecule has 0 unspecified atom stereocenters. The summed E-state index contributed by atoms with van der Waals surface area (Å²) >= 11 is 3.23. The summed E-state index contributed by atoms with van der Waals surface area (Å²) in [6.07, 6.45) is 1.53. The maximum atomic E-state index is 11.4. The molecule has 4 nitrogen and oxygen atoms in total. The molecule has 0 atom stereocenters. The summed E-state index contributed by atoms with van der Waals surface area (Å²) in [7, 11) is 1.32. The quantitative estimate of drug-likeness (QED) is 0.794. The molecule has 15 heavy (non-hydrogen) atoms. The minimum absolute atomic E-state index is 0.0397. The van der Waals surface area contributed by atoms with E-state index < -0.39 is 5.97 Å². The number of nitrogens with zero attached hydrogens (tertiary/aromatic N) is 1. The van der Waals surface area contributed by atoms with Gasteiger partial charge in [-0.2, -0.15) is 0 Å². The zero-order chi connectivity index (χ0) is 11.4. The van der Waals surface area contributed by atoms with Crippen LogP contribution in [0.3, 0.4) is 0 Å². The molecular weight excluding hydrogens is 262 g/mol. The normalized spacial score (nSPS) is 10.2. The first-order valence-electron chi connectivity index (χ1n) is 4.45. The molecule has 82 valence electrons. The molecule has 1 aromatic heterocycles. The Balaban J connectivity index is 3.08. The first-order chi connectivity index (χ1) is 7.04. The van der Waals surface area contributed by atoms with Gasteiger partial charge in [-0.25, -0.2) is 9.78 Å². The maximum Gasteiger partial charge on any atom is 0.343 e. The molecule has 0 aliphatic rings. The van der Waals surface area contributed by atoms with Gasteiger partial charge in [0.05, 0.1) is 13.2 Å². The van der Waals surface area contributed by atoms with Gasteiger partial charge in [0.25, 0.3) is 0 Å². The third kappa shape index (κ3) is 3.20. The number of ether oxygens (including phenoxy) is 2. The van der Waals surface area contributed by atoms with Crippen LogP contribution in [0.2, 0.25) is 0 Å². The predicted molar refractivity (Wildman–Crippen MR) is 59.0 cm³/mol. The molecule has 1 aromatic rings. The third-order valence-corrected chi connectivity index (χ3v) is 2.00. The summed E-state index contributed by atoms with van der Waals surface area (Å²) in [5, 5.41) is 0. The Morgan fingerprint density at radius 3 is 2.73 bits per heavy atom. The van der Waals surface area contributed by atoms with Crippen LogP contribution in [0.4, 0.5) is 0 Å².